The van der Waals surface area contributed by atoms with Gasteiger partial charge in [-0.05, 0) is 68.4 Å². The van der Waals surface area contributed by atoms with Gasteiger partial charge in [0.1, 0.15) is 12.4 Å². The molecule has 1 N–H and O–H groups in total. The van der Waals surface area contributed by atoms with Crippen molar-refractivity contribution >= 4 is 27.3 Å². The summed E-state index contributed by atoms with van der Waals surface area (Å²) in [5.41, 5.74) is 4.55. The lowest BCUT2D eigenvalue weighted by atomic mass is 10.1. The van der Waals surface area contributed by atoms with Crippen LogP contribution in [0.25, 0.3) is 0 Å². The van der Waals surface area contributed by atoms with Crippen LogP contribution in [0.1, 0.15) is 18.1 Å². The summed E-state index contributed by atoms with van der Waals surface area (Å²) in [7, 11) is -1.08. The Balaban J connectivity index is 1.85. The highest BCUT2D eigenvalue weighted by atomic mass is 32.2. The number of hydrazone groups is 1. The zero-order valence-electron chi connectivity index (χ0n) is 19.8. The summed E-state index contributed by atoms with van der Waals surface area (Å²) in [5, 5.41) is 4.09. The molecule has 0 spiro atoms. The number of aryl methyl sites for hydroxylation is 1. The summed E-state index contributed by atoms with van der Waals surface area (Å²) >= 11 is 0. The van der Waals surface area contributed by atoms with E-state index in [-0.39, 0.29) is 10.6 Å². The summed E-state index contributed by atoms with van der Waals surface area (Å²) in [5.74, 6) is -0.159. The number of rotatable bonds is 9. The van der Waals surface area contributed by atoms with Crippen LogP contribution < -0.4 is 19.2 Å². The smallest absolute Gasteiger partial charge is 0.264 e. The molecule has 8 nitrogen and oxygen atoms in total. The van der Waals surface area contributed by atoms with Crippen molar-refractivity contribution in [1.29, 1.82) is 0 Å². The molecule has 184 valence electrons. The Morgan fingerprint density at radius 1 is 0.971 bits per heavy atom. The highest BCUT2D eigenvalue weighted by Gasteiger charge is 2.27. The molecule has 0 bridgehead atoms. The van der Waals surface area contributed by atoms with E-state index in [0.717, 1.165) is 22.0 Å². The maximum absolute atomic E-state index is 13.5. The van der Waals surface area contributed by atoms with Crippen LogP contribution in [0.2, 0.25) is 0 Å². The Bertz CT molecular complexity index is 1320. The van der Waals surface area contributed by atoms with E-state index in [1.807, 2.05) is 6.92 Å². The number of nitrogens with zero attached hydrogens (tertiary/aromatic N) is 2. The Morgan fingerprint density at radius 3 is 2.20 bits per heavy atom. The van der Waals surface area contributed by atoms with Gasteiger partial charge in [-0.25, -0.2) is 18.2 Å². The van der Waals surface area contributed by atoms with Crippen molar-refractivity contribution in [2.24, 2.45) is 5.10 Å². The highest BCUT2D eigenvalue weighted by molar-refractivity contribution is 7.92. The van der Waals surface area contributed by atoms with E-state index in [9.17, 15) is 17.6 Å². The van der Waals surface area contributed by atoms with E-state index in [0.29, 0.717) is 22.8 Å². The lowest BCUT2D eigenvalue weighted by Gasteiger charge is -2.23. The van der Waals surface area contributed by atoms with Crippen molar-refractivity contribution in [3.8, 4) is 11.5 Å². The number of hydrogen-bond donors (Lipinski definition) is 1. The molecule has 0 atom stereocenters. The van der Waals surface area contributed by atoms with Crippen molar-refractivity contribution < 1.29 is 27.1 Å². The minimum absolute atomic E-state index is 0.00485. The number of methoxy groups -OCH3 is 2. The maximum Gasteiger partial charge on any atom is 0.264 e. The number of halogens is 1. The van der Waals surface area contributed by atoms with Crippen LogP contribution in [0.15, 0.2) is 76.7 Å². The summed E-state index contributed by atoms with van der Waals surface area (Å²) in [6.07, 6.45) is 0. The Labute approximate surface area is 204 Å². The Morgan fingerprint density at radius 2 is 1.60 bits per heavy atom. The van der Waals surface area contributed by atoms with Gasteiger partial charge in [0.05, 0.1) is 30.5 Å². The van der Waals surface area contributed by atoms with Crippen LogP contribution in [0.5, 0.6) is 11.5 Å². The minimum atomic E-state index is -4.12. The first kappa shape index (κ1) is 25.7. The summed E-state index contributed by atoms with van der Waals surface area (Å²) in [6.45, 7) is 2.95. The lowest BCUT2D eigenvalue weighted by Crippen LogP contribution is -2.39. The number of nitrogens with one attached hydrogen (secondary N) is 1. The number of anilines is 1. The molecule has 0 heterocycles. The first-order valence-corrected chi connectivity index (χ1v) is 12.0. The van der Waals surface area contributed by atoms with Gasteiger partial charge in [0.2, 0.25) is 0 Å². The molecule has 0 aromatic heterocycles. The molecule has 3 aromatic carbocycles. The van der Waals surface area contributed by atoms with E-state index < -0.39 is 28.3 Å². The topological polar surface area (TPSA) is 97.3 Å². The van der Waals surface area contributed by atoms with Crippen molar-refractivity contribution in [3.63, 3.8) is 0 Å². The van der Waals surface area contributed by atoms with Crippen LogP contribution in [0, 0.1) is 12.7 Å². The fraction of sp³-hybridized carbons (Fsp3) is 0.200. The Kier molecular flexibility index (Phi) is 8.08. The van der Waals surface area contributed by atoms with E-state index in [4.69, 9.17) is 9.47 Å². The van der Waals surface area contributed by atoms with Gasteiger partial charge in [-0.1, -0.05) is 17.7 Å². The molecule has 0 aliphatic rings. The summed E-state index contributed by atoms with van der Waals surface area (Å²) in [4.78, 5) is 12.7. The molecule has 0 saturated carbocycles. The fourth-order valence-electron chi connectivity index (χ4n) is 3.20. The molecule has 3 rings (SSSR count). The number of hydrogen-bond acceptors (Lipinski definition) is 6. The molecule has 0 aliphatic heterocycles. The molecule has 0 unspecified atom stereocenters. The molecular formula is C25H26FN3O5S. The van der Waals surface area contributed by atoms with Crippen LogP contribution in [-0.4, -0.2) is 40.8 Å². The SMILES string of the molecule is COc1ccc(/C(C)=N\NC(=O)CN(c2ccc(F)cc2)S(=O)(=O)c2ccc(C)cc2)cc1OC. The molecule has 0 radical (unpaired) electrons. The number of carbonyl (C=O) groups is 1. The Hall–Kier alpha value is -3.92. The third-order valence-corrected chi connectivity index (χ3v) is 6.95. The van der Waals surface area contributed by atoms with Gasteiger partial charge in [0.25, 0.3) is 15.9 Å². The molecule has 10 heteroatoms. The number of ether oxygens (including phenoxy) is 2. The van der Waals surface area contributed by atoms with Crippen LogP contribution in [0.4, 0.5) is 10.1 Å². The summed E-state index contributed by atoms with van der Waals surface area (Å²) < 4.78 is 51.6. The number of carbonyl (C=O) groups excluding carboxylic acids is 1. The molecule has 1 amide bonds. The monoisotopic (exact) mass is 499 g/mol. The van der Waals surface area contributed by atoms with Crippen LogP contribution >= 0.6 is 0 Å². The zero-order chi connectivity index (χ0) is 25.6. The molecular weight excluding hydrogens is 473 g/mol. The van der Waals surface area contributed by atoms with Crippen LogP contribution in [-0.2, 0) is 14.8 Å². The largest absolute Gasteiger partial charge is 0.493 e. The molecule has 0 saturated heterocycles. The standard InChI is InChI=1S/C25H26FN3O5S/c1-17-5-12-22(13-6-17)35(31,32)29(21-10-8-20(26)9-11-21)16-25(30)28-27-18(2)19-7-14-23(33-3)24(15-19)34-4/h5-15H,16H2,1-4H3,(H,28,30)/b27-18-. The number of benzene rings is 3. The van der Waals surface area contributed by atoms with Gasteiger partial charge in [0.15, 0.2) is 11.5 Å². The van der Waals surface area contributed by atoms with Crippen molar-refractivity contribution in [1.82, 2.24) is 5.43 Å². The molecule has 3 aromatic rings. The first-order valence-electron chi connectivity index (χ1n) is 10.6. The second kappa shape index (κ2) is 11.0. The number of sulfonamides is 1. The predicted octanol–water partition coefficient (Wildman–Crippen LogP) is 3.89. The molecule has 0 fully saturated rings. The van der Waals surface area contributed by atoms with Gasteiger partial charge in [0, 0.05) is 5.56 Å². The van der Waals surface area contributed by atoms with Gasteiger partial charge < -0.3 is 9.47 Å². The van der Waals surface area contributed by atoms with Crippen molar-refractivity contribution in [2.45, 2.75) is 18.7 Å². The predicted molar refractivity (Wildman–Crippen MR) is 132 cm³/mol. The van der Waals surface area contributed by atoms with Gasteiger partial charge in [-0.15, -0.1) is 0 Å². The second-order valence-electron chi connectivity index (χ2n) is 7.60. The fourth-order valence-corrected chi connectivity index (χ4v) is 4.62. The van der Waals surface area contributed by atoms with E-state index in [1.54, 1.807) is 37.3 Å². The third kappa shape index (κ3) is 6.15. The highest BCUT2D eigenvalue weighted by Crippen LogP contribution is 2.28. The van der Waals surface area contributed by atoms with E-state index in [2.05, 4.69) is 10.5 Å². The maximum atomic E-state index is 13.5. The van der Waals surface area contributed by atoms with E-state index in [1.165, 1.54) is 38.5 Å². The van der Waals surface area contributed by atoms with Gasteiger partial charge in [-0.2, -0.15) is 5.10 Å². The number of amides is 1. The van der Waals surface area contributed by atoms with E-state index >= 15 is 0 Å². The molecule has 0 aliphatic carbocycles. The van der Waals surface area contributed by atoms with Crippen molar-refractivity contribution in [3.05, 3.63) is 83.7 Å². The lowest BCUT2D eigenvalue weighted by molar-refractivity contribution is -0.119. The third-order valence-electron chi connectivity index (χ3n) is 5.16. The zero-order valence-corrected chi connectivity index (χ0v) is 20.6. The summed E-state index contributed by atoms with van der Waals surface area (Å²) in [6, 6.07) is 16.2. The van der Waals surface area contributed by atoms with Crippen LogP contribution in [0.3, 0.4) is 0 Å². The molecule has 35 heavy (non-hydrogen) atoms. The quantitative estimate of drug-likeness (QED) is 0.356. The van der Waals surface area contributed by atoms with Gasteiger partial charge >= 0.3 is 0 Å². The average Bonchev–Trinajstić information content (AvgIpc) is 2.86. The average molecular weight is 500 g/mol. The second-order valence-corrected chi connectivity index (χ2v) is 9.47. The van der Waals surface area contributed by atoms with Gasteiger partial charge in [-0.3, -0.25) is 9.10 Å². The minimum Gasteiger partial charge on any atom is -0.493 e. The van der Waals surface area contributed by atoms with Crippen molar-refractivity contribution in [2.75, 3.05) is 25.1 Å². The normalized spacial score (nSPS) is 11.6. The first-order chi connectivity index (χ1) is 16.6.